The summed E-state index contributed by atoms with van der Waals surface area (Å²) in [4.78, 5) is 4.27. The van der Waals surface area contributed by atoms with Gasteiger partial charge < -0.3 is 14.8 Å². The quantitative estimate of drug-likeness (QED) is 0.822. The van der Waals surface area contributed by atoms with Crippen molar-refractivity contribution in [1.29, 1.82) is 0 Å². The van der Waals surface area contributed by atoms with Gasteiger partial charge in [-0.15, -0.1) is 0 Å². The molecule has 1 aromatic rings. The van der Waals surface area contributed by atoms with E-state index in [4.69, 9.17) is 9.47 Å². The third-order valence-electron chi connectivity index (χ3n) is 4.03. The maximum Gasteiger partial charge on any atom is 0.137 e. The maximum atomic E-state index is 5.83. The number of aromatic nitrogens is 1. The largest absolute Gasteiger partial charge is 0.495 e. The topological polar surface area (TPSA) is 43.4 Å². The lowest BCUT2D eigenvalue weighted by molar-refractivity contribution is -0.0998. The lowest BCUT2D eigenvalue weighted by atomic mass is 9.72. The van der Waals surface area contributed by atoms with E-state index < -0.39 is 0 Å². The number of ether oxygens (including phenoxy) is 2. The summed E-state index contributed by atoms with van der Waals surface area (Å²) in [6.07, 6.45) is 8.18. The van der Waals surface area contributed by atoms with Crippen molar-refractivity contribution in [1.82, 2.24) is 10.3 Å². The molecule has 1 fully saturated rings. The summed E-state index contributed by atoms with van der Waals surface area (Å²) in [5, 5.41) is 3.61. The molecule has 0 radical (unpaired) electrons. The molecule has 106 valence electrons. The van der Waals surface area contributed by atoms with Gasteiger partial charge in [-0.05, 0) is 43.9 Å². The van der Waals surface area contributed by atoms with Gasteiger partial charge in [-0.1, -0.05) is 6.92 Å². The van der Waals surface area contributed by atoms with E-state index in [2.05, 4.69) is 23.3 Å². The predicted octanol–water partition coefficient (Wildman–Crippen LogP) is 2.70. The Labute approximate surface area is 115 Å². The summed E-state index contributed by atoms with van der Waals surface area (Å²) in [5.74, 6) is 0.798. The highest BCUT2D eigenvalue weighted by atomic mass is 16.5. The van der Waals surface area contributed by atoms with E-state index in [0.717, 1.165) is 37.1 Å². The molecule has 19 heavy (non-hydrogen) atoms. The Hall–Kier alpha value is -1.13. The third-order valence-corrected chi connectivity index (χ3v) is 4.03. The number of hydrogen-bond acceptors (Lipinski definition) is 4. The summed E-state index contributed by atoms with van der Waals surface area (Å²) < 4.78 is 11.1. The number of rotatable bonds is 7. The molecule has 0 amide bonds. The average molecular weight is 264 g/mol. The maximum absolute atomic E-state index is 5.83. The smallest absolute Gasteiger partial charge is 0.137 e. The van der Waals surface area contributed by atoms with Gasteiger partial charge in [-0.3, -0.25) is 4.98 Å². The molecule has 0 spiro atoms. The zero-order valence-electron chi connectivity index (χ0n) is 12.1. The molecular weight excluding hydrogens is 240 g/mol. The minimum absolute atomic E-state index is 0.0801. The summed E-state index contributed by atoms with van der Waals surface area (Å²) in [6.45, 7) is 3.15. The molecule has 1 unspecified atom stereocenters. The van der Waals surface area contributed by atoms with Crippen LogP contribution in [0.2, 0.25) is 0 Å². The molecule has 4 heteroatoms. The van der Waals surface area contributed by atoms with Crippen molar-refractivity contribution in [2.75, 3.05) is 20.8 Å². The second-order valence-electron chi connectivity index (χ2n) is 5.17. The fraction of sp³-hybridized carbons (Fsp3) is 0.667. The Kier molecular flexibility index (Phi) is 4.77. The summed E-state index contributed by atoms with van der Waals surface area (Å²) >= 11 is 0. The Morgan fingerprint density at radius 1 is 1.37 bits per heavy atom. The highest BCUT2D eigenvalue weighted by molar-refractivity contribution is 5.29. The summed E-state index contributed by atoms with van der Waals surface area (Å²) in [6, 6.07) is 2.24. The van der Waals surface area contributed by atoms with Crippen molar-refractivity contribution in [3.63, 3.8) is 0 Å². The van der Waals surface area contributed by atoms with Crippen molar-refractivity contribution in [3.05, 3.63) is 24.0 Å². The first-order chi connectivity index (χ1) is 9.25. The van der Waals surface area contributed by atoms with Crippen LogP contribution in [0.1, 0.15) is 44.2 Å². The Morgan fingerprint density at radius 2 is 2.16 bits per heavy atom. The Balaban J connectivity index is 2.25. The zero-order chi connectivity index (χ0) is 13.7. The first kappa shape index (κ1) is 14.3. The van der Waals surface area contributed by atoms with Crippen LogP contribution in [0.25, 0.3) is 0 Å². The van der Waals surface area contributed by atoms with Crippen molar-refractivity contribution < 1.29 is 9.47 Å². The van der Waals surface area contributed by atoms with Crippen molar-refractivity contribution in [3.8, 4) is 5.75 Å². The summed E-state index contributed by atoms with van der Waals surface area (Å²) in [7, 11) is 3.48. The average Bonchev–Trinajstić information content (AvgIpc) is 2.41. The van der Waals surface area contributed by atoms with E-state index in [-0.39, 0.29) is 11.6 Å². The minimum Gasteiger partial charge on any atom is -0.495 e. The zero-order valence-corrected chi connectivity index (χ0v) is 12.1. The van der Waals surface area contributed by atoms with Gasteiger partial charge in [0.15, 0.2) is 0 Å². The molecule has 1 aromatic heterocycles. The SMILES string of the molecule is CCCNC(c1cncc(OC)c1)C1(OC)CCC1. The third kappa shape index (κ3) is 2.90. The van der Waals surface area contributed by atoms with Gasteiger partial charge >= 0.3 is 0 Å². The second kappa shape index (κ2) is 6.35. The van der Waals surface area contributed by atoms with Crippen LogP contribution in [-0.2, 0) is 4.74 Å². The van der Waals surface area contributed by atoms with Gasteiger partial charge in [-0.2, -0.15) is 0 Å². The fourth-order valence-electron chi connectivity index (χ4n) is 2.74. The van der Waals surface area contributed by atoms with Crippen LogP contribution in [-0.4, -0.2) is 31.3 Å². The van der Waals surface area contributed by atoms with Crippen LogP contribution in [0.15, 0.2) is 18.5 Å². The van der Waals surface area contributed by atoms with Crippen LogP contribution in [0.4, 0.5) is 0 Å². The minimum atomic E-state index is -0.0801. The Morgan fingerprint density at radius 3 is 2.68 bits per heavy atom. The van der Waals surface area contributed by atoms with Crippen LogP contribution in [0.5, 0.6) is 5.75 Å². The first-order valence-corrected chi connectivity index (χ1v) is 7.03. The Bertz CT molecular complexity index is 399. The monoisotopic (exact) mass is 264 g/mol. The van der Waals surface area contributed by atoms with Gasteiger partial charge in [0.2, 0.25) is 0 Å². The highest BCUT2D eigenvalue weighted by Crippen LogP contribution is 2.45. The molecular formula is C15H24N2O2. The normalized spacial score (nSPS) is 18.7. The molecule has 2 rings (SSSR count). The highest BCUT2D eigenvalue weighted by Gasteiger charge is 2.45. The standard InChI is InChI=1S/C15H24N2O2/c1-4-8-17-14(15(19-3)6-5-7-15)12-9-13(18-2)11-16-10-12/h9-11,14,17H,4-8H2,1-3H3. The molecule has 1 aliphatic rings. The molecule has 4 nitrogen and oxygen atoms in total. The predicted molar refractivity (Wildman–Crippen MR) is 75.4 cm³/mol. The number of hydrogen-bond donors (Lipinski definition) is 1. The second-order valence-corrected chi connectivity index (χ2v) is 5.17. The molecule has 1 aliphatic carbocycles. The summed E-state index contributed by atoms with van der Waals surface area (Å²) in [5.41, 5.74) is 1.07. The molecule has 0 aromatic carbocycles. The van der Waals surface area contributed by atoms with E-state index in [1.165, 1.54) is 6.42 Å². The van der Waals surface area contributed by atoms with Gasteiger partial charge in [0.1, 0.15) is 5.75 Å². The molecule has 1 saturated carbocycles. The number of methoxy groups -OCH3 is 2. The van der Waals surface area contributed by atoms with Gasteiger partial charge in [0.25, 0.3) is 0 Å². The van der Waals surface area contributed by atoms with Crippen molar-refractivity contribution >= 4 is 0 Å². The van der Waals surface area contributed by atoms with Crippen molar-refractivity contribution in [2.24, 2.45) is 0 Å². The van der Waals surface area contributed by atoms with E-state index in [1.807, 2.05) is 13.3 Å². The van der Waals surface area contributed by atoms with Crippen LogP contribution in [0.3, 0.4) is 0 Å². The first-order valence-electron chi connectivity index (χ1n) is 7.03. The lowest BCUT2D eigenvalue weighted by Gasteiger charge is -2.47. The molecule has 0 saturated heterocycles. The lowest BCUT2D eigenvalue weighted by Crippen LogP contribution is -2.50. The van der Waals surface area contributed by atoms with Crippen molar-refractivity contribution in [2.45, 2.75) is 44.2 Å². The molecule has 0 bridgehead atoms. The molecule has 1 heterocycles. The van der Waals surface area contributed by atoms with Gasteiger partial charge in [-0.25, -0.2) is 0 Å². The van der Waals surface area contributed by atoms with E-state index in [1.54, 1.807) is 13.3 Å². The molecule has 0 aliphatic heterocycles. The van der Waals surface area contributed by atoms with Gasteiger partial charge in [0.05, 0.1) is 24.9 Å². The van der Waals surface area contributed by atoms with E-state index >= 15 is 0 Å². The van der Waals surface area contributed by atoms with E-state index in [9.17, 15) is 0 Å². The number of pyridine rings is 1. The van der Waals surface area contributed by atoms with Crippen LogP contribution >= 0.6 is 0 Å². The van der Waals surface area contributed by atoms with Crippen LogP contribution < -0.4 is 10.1 Å². The number of nitrogens with one attached hydrogen (secondary N) is 1. The van der Waals surface area contributed by atoms with Crippen LogP contribution in [0, 0.1) is 0 Å². The molecule has 1 N–H and O–H groups in total. The van der Waals surface area contributed by atoms with E-state index in [0.29, 0.717) is 0 Å². The number of nitrogens with zero attached hydrogens (tertiary/aromatic N) is 1. The molecule has 1 atom stereocenters. The van der Waals surface area contributed by atoms with Gasteiger partial charge in [0, 0.05) is 13.3 Å². The fourth-order valence-corrected chi connectivity index (χ4v) is 2.74.